The summed E-state index contributed by atoms with van der Waals surface area (Å²) in [6.07, 6.45) is 0. The van der Waals surface area contributed by atoms with E-state index >= 15 is 0 Å². The van der Waals surface area contributed by atoms with Gasteiger partial charge in [-0.3, -0.25) is 4.79 Å². The van der Waals surface area contributed by atoms with Crippen molar-refractivity contribution < 1.29 is 9.53 Å². The molecule has 7 heteroatoms. The number of amides is 1. The van der Waals surface area contributed by atoms with Crippen molar-refractivity contribution in [1.82, 2.24) is 25.9 Å². The molecule has 1 atom stereocenters. The number of hydrogen-bond acceptors (Lipinski definition) is 5. The minimum absolute atomic E-state index is 0.0494. The number of aromatic amines is 1. The molecule has 1 heterocycles. The van der Waals surface area contributed by atoms with E-state index in [0.29, 0.717) is 11.6 Å². The molecule has 1 aromatic carbocycles. The molecule has 0 aliphatic heterocycles. The molecule has 0 saturated heterocycles. The summed E-state index contributed by atoms with van der Waals surface area (Å²) in [5, 5.41) is 16.0. The highest BCUT2D eigenvalue weighted by molar-refractivity contribution is 5.77. The third-order valence-electron chi connectivity index (χ3n) is 2.24. The van der Waals surface area contributed by atoms with Crippen molar-refractivity contribution in [3.8, 4) is 5.75 Å². The Morgan fingerprint density at radius 1 is 1.44 bits per heavy atom. The second kappa shape index (κ2) is 5.76. The Balaban J connectivity index is 1.79. The van der Waals surface area contributed by atoms with Crippen molar-refractivity contribution in [2.75, 3.05) is 6.61 Å². The number of ether oxygens (including phenoxy) is 1. The van der Waals surface area contributed by atoms with E-state index in [9.17, 15) is 4.79 Å². The van der Waals surface area contributed by atoms with Crippen LogP contribution in [0.5, 0.6) is 5.75 Å². The third-order valence-corrected chi connectivity index (χ3v) is 2.24. The molecule has 1 unspecified atom stereocenters. The molecular formula is C11H13N5O2. The van der Waals surface area contributed by atoms with E-state index in [-0.39, 0.29) is 18.6 Å². The summed E-state index contributed by atoms with van der Waals surface area (Å²) in [6, 6.07) is 8.83. The Kier molecular flexibility index (Phi) is 3.85. The molecule has 2 aromatic rings. The number of H-pyrrole nitrogens is 1. The van der Waals surface area contributed by atoms with Crippen molar-refractivity contribution in [2.24, 2.45) is 0 Å². The lowest BCUT2D eigenvalue weighted by Crippen LogP contribution is -2.31. The lowest BCUT2D eigenvalue weighted by molar-refractivity contribution is -0.123. The Bertz CT molecular complexity index is 485. The maximum atomic E-state index is 11.6. The number of tetrazole rings is 1. The third kappa shape index (κ3) is 3.27. The topological polar surface area (TPSA) is 92.8 Å². The standard InChI is InChI=1S/C11H13N5O2/c1-8(11-13-15-16-14-11)12-10(17)7-18-9-5-3-2-4-6-9/h2-6,8H,7H2,1H3,(H,12,17)(H,13,14,15,16). The zero-order valence-electron chi connectivity index (χ0n) is 9.83. The summed E-state index contributed by atoms with van der Waals surface area (Å²) in [5.74, 6) is 0.846. The molecular weight excluding hydrogens is 234 g/mol. The maximum Gasteiger partial charge on any atom is 0.258 e. The monoisotopic (exact) mass is 247 g/mol. The molecule has 0 bridgehead atoms. The van der Waals surface area contributed by atoms with Crippen LogP contribution in [0.3, 0.4) is 0 Å². The number of hydrogen-bond donors (Lipinski definition) is 2. The summed E-state index contributed by atoms with van der Waals surface area (Å²) in [5.41, 5.74) is 0. The van der Waals surface area contributed by atoms with Crippen LogP contribution in [0, 0.1) is 0 Å². The molecule has 0 aliphatic carbocycles. The minimum Gasteiger partial charge on any atom is -0.484 e. The molecule has 0 spiro atoms. The lowest BCUT2D eigenvalue weighted by Gasteiger charge is -2.10. The van der Waals surface area contributed by atoms with E-state index in [1.807, 2.05) is 18.2 Å². The van der Waals surface area contributed by atoms with Gasteiger partial charge in [0.2, 0.25) is 0 Å². The highest BCUT2D eigenvalue weighted by Crippen LogP contribution is 2.08. The first kappa shape index (κ1) is 12.0. The number of carbonyl (C=O) groups excluding carboxylic acids is 1. The summed E-state index contributed by atoms with van der Waals surface area (Å²) in [6.45, 7) is 1.72. The number of aromatic nitrogens is 4. The molecule has 0 radical (unpaired) electrons. The van der Waals surface area contributed by atoms with Crippen molar-refractivity contribution in [3.05, 3.63) is 36.2 Å². The van der Waals surface area contributed by atoms with Gasteiger partial charge in [-0.15, -0.1) is 10.2 Å². The highest BCUT2D eigenvalue weighted by atomic mass is 16.5. The number of para-hydroxylation sites is 1. The van der Waals surface area contributed by atoms with Crippen LogP contribution in [0.15, 0.2) is 30.3 Å². The van der Waals surface area contributed by atoms with Gasteiger partial charge >= 0.3 is 0 Å². The Hall–Kier alpha value is -2.44. The lowest BCUT2D eigenvalue weighted by atomic mass is 10.3. The van der Waals surface area contributed by atoms with Gasteiger partial charge in [-0.25, -0.2) is 0 Å². The van der Waals surface area contributed by atoms with Crippen LogP contribution in [-0.2, 0) is 4.79 Å². The summed E-state index contributed by atoms with van der Waals surface area (Å²) in [4.78, 5) is 11.6. The number of carbonyl (C=O) groups is 1. The molecule has 2 N–H and O–H groups in total. The van der Waals surface area contributed by atoms with Crippen LogP contribution in [0.25, 0.3) is 0 Å². The predicted molar refractivity (Wildman–Crippen MR) is 62.7 cm³/mol. The average molecular weight is 247 g/mol. The molecule has 0 saturated carbocycles. The fourth-order valence-electron chi connectivity index (χ4n) is 1.37. The van der Waals surface area contributed by atoms with Crippen molar-refractivity contribution in [3.63, 3.8) is 0 Å². The average Bonchev–Trinajstić information content (AvgIpc) is 2.91. The number of benzene rings is 1. The van der Waals surface area contributed by atoms with Crippen molar-refractivity contribution in [2.45, 2.75) is 13.0 Å². The fourth-order valence-corrected chi connectivity index (χ4v) is 1.37. The van der Waals surface area contributed by atoms with Gasteiger partial charge in [-0.2, -0.15) is 5.21 Å². The Morgan fingerprint density at radius 3 is 2.89 bits per heavy atom. The van der Waals surface area contributed by atoms with Crippen molar-refractivity contribution >= 4 is 5.91 Å². The number of nitrogens with zero attached hydrogens (tertiary/aromatic N) is 3. The largest absolute Gasteiger partial charge is 0.484 e. The SMILES string of the molecule is CC(NC(=O)COc1ccccc1)c1nn[nH]n1. The fraction of sp³-hybridized carbons (Fsp3) is 0.273. The van der Waals surface area contributed by atoms with Gasteiger partial charge in [-0.1, -0.05) is 23.4 Å². The van der Waals surface area contributed by atoms with E-state index in [1.54, 1.807) is 19.1 Å². The summed E-state index contributed by atoms with van der Waals surface area (Å²) < 4.78 is 5.31. The molecule has 7 nitrogen and oxygen atoms in total. The van der Waals surface area contributed by atoms with E-state index in [2.05, 4.69) is 25.9 Å². The van der Waals surface area contributed by atoms with Crippen LogP contribution in [-0.4, -0.2) is 33.1 Å². The van der Waals surface area contributed by atoms with Crippen LogP contribution < -0.4 is 10.1 Å². The molecule has 0 fully saturated rings. The first-order chi connectivity index (χ1) is 8.75. The van der Waals surface area contributed by atoms with Crippen molar-refractivity contribution in [1.29, 1.82) is 0 Å². The minimum atomic E-state index is -0.310. The van der Waals surface area contributed by atoms with E-state index in [4.69, 9.17) is 4.74 Å². The zero-order valence-corrected chi connectivity index (χ0v) is 9.83. The highest BCUT2D eigenvalue weighted by Gasteiger charge is 2.13. The maximum absolute atomic E-state index is 11.6. The second-order valence-corrected chi connectivity index (χ2v) is 3.66. The van der Waals surface area contributed by atoms with Gasteiger partial charge in [0, 0.05) is 0 Å². The molecule has 18 heavy (non-hydrogen) atoms. The van der Waals surface area contributed by atoms with Gasteiger partial charge in [0.25, 0.3) is 5.91 Å². The number of nitrogens with one attached hydrogen (secondary N) is 2. The molecule has 0 aliphatic rings. The molecule has 2 rings (SSSR count). The smallest absolute Gasteiger partial charge is 0.258 e. The Morgan fingerprint density at radius 2 is 2.22 bits per heavy atom. The van der Waals surface area contributed by atoms with Gasteiger partial charge in [0.05, 0.1) is 6.04 Å². The van der Waals surface area contributed by atoms with Crippen LogP contribution >= 0.6 is 0 Å². The van der Waals surface area contributed by atoms with E-state index in [0.717, 1.165) is 0 Å². The number of rotatable bonds is 5. The van der Waals surface area contributed by atoms with Crippen LogP contribution in [0.4, 0.5) is 0 Å². The summed E-state index contributed by atoms with van der Waals surface area (Å²) in [7, 11) is 0. The zero-order chi connectivity index (χ0) is 12.8. The van der Waals surface area contributed by atoms with Gasteiger partial charge < -0.3 is 10.1 Å². The quantitative estimate of drug-likeness (QED) is 0.800. The van der Waals surface area contributed by atoms with E-state index in [1.165, 1.54) is 0 Å². The summed E-state index contributed by atoms with van der Waals surface area (Å²) >= 11 is 0. The molecule has 94 valence electrons. The molecule has 1 amide bonds. The first-order valence-electron chi connectivity index (χ1n) is 5.46. The molecule has 1 aromatic heterocycles. The van der Waals surface area contributed by atoms with Crippen LogP contribution in [0.1, 0.15) is 18.8 Å². The second-order valence-electron chi connectivity index (χ2n) is 3.66. The van der Waals surface area contributed by atoms with Gasteiger partial charge in [0.1, 0.15) is 5.75 Å². The first-order valence-corrected chi connectivity index (χ1v) is 5.46. The van der Waals surface area contributed by atoms with Gasteiger partial charge in [0.15, 0.2) is 12.4 Å². The predicted octanol–water partition coefficient (Wildman–Crippen LogP) is 0.456. The Labute approximate surface area is 104 Å². The van der Waals surface area contributed by atoms with Crippen LogP contribution in [0.2, 0.25) is 0 Å². The van der Waals surface area contributed by atoms with Gasteiger partial charge in [-0.05, 0) is 19.1 Å². The normalized spacial score (nSPS) is 11.8. The van der Waals surface area contributed by atoms with E-state index < -0.39 is 0 Å².